The quantitative estimate of drug-likeness (QED) is 0.725. The van der Waals surface area contributed by atoms with Gasteiger partial charge in [-0.25, -0.2) is 14.4 Å². The van der Waals surface area contributed by atoms with Gasteiger partial charge in [-0.3, -0.25) is 4.79 Å². The topological polar surface area (TPSA) is 66.9 Å². The van der Waals surface area contributed by atoms with Gasteiger partial charge in [0.05, 0.1) is 5.69 Å². The van der Waals surface area contributed by atoms with E-state index in [1.165, 1.54) is 12.1 Å². The fourth-order valence-corrected chi connectivity index (χ4v) is 2.69. The first kappa shape index (κ1) is 17.5. The summed E-state index contributed by atoms with van der Waals surface area (Å²) < 4.78 is 13.7. The van der Waals surface area contributed by atoms with Crippen molar-refractivity contribution in [3.8, 4) is 0 Å². The normalized spacial score (nSPS) is 10.5. The highest BCUT2D eigenvalue weighted by Crippen LogP contribution is 2.20. The zero-order valence-electron chi connectivity index (χ0n) is 14.8. The van der Waals surface area contributed by atoms with E-state index in [9.17, 15) is 9.18 Å². The number of rotatable bonds is 4. The second kappa shape index (κ2) is 7.31. The van der Waals surface area contributed by atoms with Crippen LogP contribution in [0.4, 0.5) is 21.6 Å². The molecule has 3 rings (SSSR count). The Bertz CT molecular complexity index is 952. The standard InChI is InChI=1S/C20H19FN4O/c1-12-8-13(2)10-15(9-12)24-19-11-18(22-14(3)23-19)20(26)25-17-7-5-4-6-16(17)21/h4-11H,1-3H3,(H,25,26)(H,22,23,24). The van der Waals surface area contributed by atoms with E-state index in [-0.39, 0.29) is 11.4 Å². The van der Waals surface area contributed by atoms with Crippen LogP contribution in [0.3, 0.4) is 0 Å². The third-order valence-electron chi connectivity index (χ3n) is 3.69. The molecule has 0 unspecified atom stereocenters. The van der Waals surface area contributed by atoms with Crippen LogP contribution in [0.1, 0.15) is 27.4 Å². The van der Waals surface area contributed by atoms with Crippen LogP contribution in [-0.2, 0) is 0 Å². The molecule has 0 spiro atoms. The molecule has 26 heavy (non-hydrogen) atoms. The second-order valence-corrected chi connectivity index (χ2v) is 6.12. The molecule has 132 valence electrons. The number of carbonyl (C=O) groups is 1. The largest absolute Gasteiger partial charge is 0.340 e. The van der Waals surface area contributed by atoms with E-state index in [4.69, 9.17) is 0 Å². The van der Waals surface area contributed by atoms with Gasteiger partial charge in [0.1, 0.15) is 23.2 Å². The number of para-hydroxylation sites is 1. The Labute approximate surface area is 151 Å². The molecule has 0 fully saturated rings. The molecule has 5 nitrogen and oxygen atoms in total. The smallest absolute Gasteiger partial charge is 0.274 e. The van der Waals surface area contributed by atoms with Crippen molar-refractivity contribution in [1.82, 2.24) is 9.97 Å². The van der Waals surface area contributed by atoms with E-state index >= 15 is 0 Å². The van der Waals surface area contributed by atoms with Gasteiger partial charge in [0.25, 0.3) is 5.91 Å². The number of aryl methyl sites for hydroxylation is 3. The molecule has 6 heteroatoms. The van der Waals surface area contributed by atoms with E-state index < -0.39 is 11.7 Å². The Morgan fingerprint density at radius 3 is 2.35 bits per heavy atom. The van der Waals surface area contributed by atoms with Crippen LogP contribution < -0.4 is 10.6 Å². The molecular formula is C20H19FN4O. The van der Waals surface area contributed by atoms with Crippen molar-refractivity contribution in [2.45, 2.75) is 20.8 Å². The first-order valence-electron chi connectivity index (χ1n) is 8.17. The van der Waals surface area contributed by atoms with Gasteiger partial charge in [0, 0.05) is 11.8 Å². The number of amides is 1. The zero-order valence-corrected chi connectivity index (χ0v) is 14.8. The Kier molecular flexibility index (Phi) is 4.93. The number of aromatic nitrogens is 2. The Morgan fingerprint density at radius 1 is 0.962 bits per heavy atom. The molecule has 0 aliphatic carbocycles. The van der Waals surface area contributed by atoms with Gasteiger partial charge in [-0.1, -0.05) is 18.2 Å². The van der Waals surface area contributed by atoms with Gasteiger partial charge in [-0.15, -0.1) is 0 Å². The number of anilines is 3. The molecule has 0 saturated heterocycles. The van der Waals surface area contributed by atoms with Gasteiger partial charge in [0.15, 0.2) is 0 Å². The van der Waals surface area contributed by atoms with Crippen molar-refractivity contribution < 1.29 is 9.18 Å². The first-order chi connectivity index (χ1) is 12.4. The van der Waals surface area contributed by atoms with Gasteiger partial charge in [-0.05, 0) is 56.2 Å². The fraction of sp³-hybridized carbons (Fsp3) is 0.150. The Hall–Kier alpha value is -3.28. The third-order valence-corrected chi connectivity index (χ3v) is 3.69. The fourth-order valence-electron chi connectivity index (χ4n) is 2.69. The third kappa shape index (κ3) is 4.22. The molecule has 0 bridgehead atoms. The van der Waals surface area contributed by atoms with Crippen molar-refractivity contribution in [3.63, 3.8) is 0 Å². The van der Waals surface area contributed by atoms with Crippen LogP contribution in [0.5, 0.6) is 0 Å². The molecule has 1 heterocycles. The van der Waals surface area contributed by atoms with E-state index in [0.717, 1.165) is 16.8 Å². The minimum atomic E-state index is -0.500. The highest BCUT2D eigenvalue weighted by Gasteiger charge is 2.13. The summed E-state index contributed by atoms with van der Waals surface area (Å²) in [6, 6.07) is 13.6. The lowest BCUT2D eigenvalue weighted by Gasteiger charge is -2.11. The minimum Gasteiger partial charge on any atom is -0.340 e. The predicted octanol–water partition coefficient (Wildman–Crippen LogP) is 4.54. The molecule has 0 atom stereocenters. The molecule has 0 radical (unpaired) electrons. The molecule has 1 amide bonds. The van der Waals surface area contributed by atoms with Crippen LogP contribution in [0.25, 0.3) is 0 Å². The SMILES string of the molecule is Cc1cc(C)cc(Nc2cc(C(=O)Nc3ccccc3F)nc(C)n2)c1. The maximum atomic E-state index is 13.7. The van der Waals surface area contributed by atoms with Gasteiger partial charge >= 0.3 is 0 Å². The highest BCUT2D eigenvalue weighted by atomic mass is 19.1. The molecular weight excluding hydrogens is 331 g/mol. The highest BCUT2D eigenvalue weighted by molar-refractivity contribution is 6.03. The van der Waals surface area contributed by atoms with E-state index in [1.807, 2.05) is 26.0 Å². The summed E-state index contributed by atoms with van der Waals surface area (Å²) in [7, 11) is 0. The minimum absolute atomic E-state index is 0.109. The van der Waals surface area contributed by atoms with E-state index in [1.54, 1.807) is 25.1 Å². The number of hydrogen-bond acceptors (Lipinski definition) is 4. The maximum Gasteiger partial charge on any atom is 0.274 e. The van der Waals surface area contributed by atoms with Crippen LogP contribution in [0.15, 0.2) is 48.5 Å². The summed E-state index contributed by atoms with van der Waals surface area (Å²) in [5, 5.41) is 5.72. The van der Waals surface area contributed by atoms with Crippen molar-refractivity contribution in [1.29, 1.82) is 0 Å². The van der Waals surface area contributed by atoms with Crippen LogP contribution in [0, 0.1) is 26.6 Å². The Balaban J connectivity index is 1.85. The zero-order chi connectivity index (χ0) is 18.7. The molecule has 2 N–H and O–H groups in total. The molecule has 1 aromatic heterocycles. The van der Waals surface area contributed by atoms with E-state index in [0.29, 0.717) is 11.6 Å². The lowest BCUT2D eigenvalue weighted by atomic mass is 10.1. The van der Waals surface area contributed by atoms with Crippen molar-refractivity contribution in [3.05, 3.63) is 77.0 Å². The summed E-state index contributed by atoms with van der Waals surface area (Å²) in [5.74, 6) is -0.0523. The summed E-state index contributed by atoms with van der Waals surface area (Å²) in [6.45, 7) is 5.72. The van der Waals surface area contributed by atoms with Crippen molar-refractivity contribution in [2.24, 2.45) is 0 Å². The van der Waals surface area contributed by atoms with Gasteiger partial charge in [-0.2, -0.15) is 0 Å². The number of carbonyl (C=O) groups excluding carboxylic acids is 1. The molecule has 0 aliphatic heterocycles. The number of nitrogens with one attached hydrogen (secondary N) is 2. The average molecular weight is 350 g/mol. The van der Waals surface area contributed by atoms with Crippen LogP contribution in [-0.4, -0.2) is 15.9 Å². The number of halogens is 1. The first-order valence-corrected chi connectivity index (χ1v) is 8.17. The maximum absolute atomic E-state index is 13.7. The Morgan fingerprint density at radius 2 is 1.65 bits per heavy atom. The predicted molar refractivity (Wildman–Crippen MR) is 100 cm³/mol. The molecule has 0 aliphatic rings. The lowest BCUT2D eigenvalue weighted by molar-refractivity contribution is 0.102. The second-order valence-electron chi connectivity index (χ2n) is 6.12. The van der Waals surface area contributed by atoms with Crippen LogP contribution >= 0.6 is 0 Å². The number of nitrogens with zero attached hydrogens (tertiary/aromatic N) is 2. The molecule has 2 aromatic carbocycles. The van der Waals surface area contributed by atoms with Crippen molar-refractivity contribution >= 4 is 23.1 Å². The summed E-state index contributed by atoms with van der Waals surface area (Å²) in [5.41, 5.74) is 3.39. The van der Waals surface area contributed by atoms with Crippen LogP contribution in [0.2, 0.25) is 0 Å². The molecule has 0 saturated carbocycles. The van der Waals surface area contributed by atoms with Gasteiger partial charge < -0.3 is 10.6 Å². The van der Waals surface area contributed by atoms with Gasteiger partial charge in [0.2, 0.25) is 0 Å². The molecule has 3 aromatic rings. The average Bonchev–Trinajstić information content (AvgIpc) is 2.55. The lowest BCUT2D eigenvalue weighted by Crippen LogP contribution is -2.16. The van der Waals surface area contributed by atoms with Crippen molar-refractivity contribution in [2.75, 3.05) is 10.6 Å². The monoisotopic (exact) mass is 350 g/mol. The number of benzene rings is 2. The number of hydrogen-bond donors (Lipinski definition) is 2. The summed E-state index contributed by atoms with van der Waals surface area (Å²) >= 11 is 0. The summed E-state index contributed by atoms with van der Waals surface area (Å²) in [4.78, 5) is 20.9. The van der Waals surface area contributed by atoms with E-state index in [2.05, 4.69) is 26.7 Å². The summed E-state index contributed by atoms with van der Waals surface area (Å²) in [6.07, 6.45) is 0.